The van der Waals surface area contributed by atoms with Crippen LogP contribution >= 0.6 is 0 Å². The van der Waals surface area contributed by atoms with Crippen LogP contribution in [0.1, 0.15) is 0 Å². The summed E-state index contributed by atoms with van der Waals surface area (Å²) in [5.41, 5.74) is -2.41. The summed E-state index contributed by atoms with van der Waals surface area (Å²) in [4.78, 5) is 35.9. The molecule has 0 aliphatic rings. The van der Waals surface area contributed by atoms with E-state index in [-0.39, 0.29) is 88.7 Å². The minimum absolute atomic E-state index is 0. The van der Waals surface area contributed by atoms with Gasteiger partial charge in [0.2, 0.25) is 0 Å². The summed E-state index contributed by atoms with van der Waals surface area (Å²) in [5, 5.41) is 0. The van der Waals surface area contributed by atoms with Crippen LogP contribution in [0.15, 0.2) is 14.4 Å². The van der Waals surface area contributed by atoms with Gasteiger partial charge >= 0.3 is 17.1 Å². The quantitative estimate of drug-likeness (QED) is 0.379. The van der Waals surface area contributed by atoms with Gasteiger partial charge in [0, 0.05) is 88.7 Å². The van der Waals surface area contributed by atoms with Crippen molar-refractivity contribution in [1.82, 2.24) is 15.0 Å². The van der Waals surface area contributed by atoms with Gasteiger partial charge < -0.3 is 0 Å². The molecule has 1 heterocycles. The molecule has 0 atom stereocenters. The van der Waals surface area contributed by atoms with Crippen LogP contribution in [-0.2, 0) is 0 Å². The van der Waals surface area contributed by atoms with Gasteiger partial charge in [-0.3, -0.25) is 15.0 Å². The molecule has 0 unspecified atom stereocenters. The summed E-state index contributed by atoms with van der Waals surface area (Å²) < 4.78 is 0. The first kappa shape index (κ1) is 19.1. The van der Waals surface area contributed by atoms with Crippen LogP contribution < -0.4 is 17.1 Å². The van der Waals surface area contributed by atoms with Crippen LogP contribution in [0, 0.1) is 0 Å². The standard InChI is InChI=1S/C3H3N3O3.3Na/c7-1-4-2(8)6-3(9)5-1;;;/h(H3,4,5,6,7,8,9);;;. The van der Waals surface area contributed by atoms with E-state index in [0.717, 1.165) is 0 Å². The van der Waals surface area contributed by atoms with E-state index in [4.69, 9.17) is 0 Å². The maximum atomic E-state index is 10.2. The monoisotopic (exact) mass is 198 g/mol. The molecule has 0 aromatic carbocycles. The van der Waals surface area contributed by atoms with Gasteiger partial charge in [0.15, 0.2) is 0 Å². The third-order valence-electron chi connectivity index (χ3n) is 0.681. The molecular formula is C3H3N3Na3O3. The van der Waals surface area contributed by atoms with Crippen LogP contribution in [0.25, 0.3) is 0 Å². The van der Waals surface area contributed by atoms with Gasteiger partial charge in [0.05, 0.1) is 0 Å². The van der Waals surface area contributed by atoms with Crippen molar-refractivity contribution in [1.29, 1.82) is 0 Å². The Kier molecular flexibility index (Phi) is 14.3. The number of aromatic nitrogens is 3. The van der Waals surface area contributed by atoms with Crippen LogP contribution in [0.5, 0.6) is 0 Å². The van der Waals surface area contributed by atoms with Gasteiger partial charge in [-0.15, -0.1) is 0 Å². The van der Waals surface area contributed by atoms with Crippen LogP contribution in [-0.4, -0.2) is 104 Å². The first-order valence-electron chi connectivity index (χ1n) is 2.11. The maximum absolute atomic E-state index is 10.2. The number of hydrogen-bond donors (Lipinski definition) is 3. The number of nitrogens with one attached hydrogen (secondary N) is 3. The van der Waals surface area contributed by atoms with Crippen molar-refractivity contribution >= 4 is 88.7 Å². The molecule has 3 radical (unpaired) electrons. The third-order valence-corrected chi connectivity index (χ3v) is 0.681. The minimum atomic E-state index is -0.802. The molecule has 0 spiro atoms. The predicted molar refractivity (Wildman–Crippen MR) is 45.6 cm³/mol. The summed E-state index contributed by atoms with van der Waals surface area (Å²) in [7, 11) is 0. The first-order valence-corrected chi connectivity index (χ1v) is 2.11. The van der Waals surface area contributed by atoms with Crippen LogP contribution in [0.2, 0.25) is 0 Å². The van der Waals surface area contributed by atoms with Gasteiger partial charge in [-0.1, -0.05) is 0 Å². The average Bonchev–Trinajstić information content (AvgIpc) is 1.59. The molecule has 0 aliphatic carbocycles. The van der Waals surface area contributed by atoms with Crippen molar-refractivity contribution in [2.24, 2.45) is 0 Å². The van der Waals surface area contributed by atoms with Gasteiger partial charge in [0.25, 0.3) is 0 Å². The zero-order valence-corrected chi connectivity index (χ0v) is 13.2. The van der Waals surface area contributed by atoms with Crippen molar-refractivity contribution < 1.29 is 0 Å². The molecular weight excluding hydrogens is 195 g/mol. The molecule has 0 saturated carbocycles. The molecule has 12 heavy (non-hydrogen) atoms. The smallest absolute Gasteiger partial charge is 0.259 e. The summed E-state index contributed by atoms with van der Waals surface area (Å²) >= 11 is 0. The van der Waals surface area contributed by atoms with Crippen LogP contribution in [0.4, 0.5) is 0 Å². The normalized spacial score (nSPS) is 7.00. The van der Waals surface area contributed by atoms with E-state index in [1.165, 1.54) is 0 Å². The molecule has 1 aromatic rings. The number of rotatable bonds is 0. The van der Waals surface area contributed by atoms with Crippen molar-refractivity contribution in [2.75, 3.05) is 0 Å². The Morgan fingerprint density at radius 2 is 0.750 bits per heavy atom. The second-order valence-electron chi connectivity index (χ2n) is 1.36. The van der Waals surface area contributed by atoms with Gasteiger partial charge in [-0.2, -0.15) is 0 Å². The summed E-state index contributed by atoms with van der Waals surface area (Å²) in [6, 6.07) is 0. The Morgan fingerprint density at radius 3 is 0.917 bits per heavy atom. The molecule has 0 aliphatic heterocycles. The van der Waals surface area contributed by atoms with E-state index in [9.17, 15) is 14.4 Å². The summed E-state index contributed by atoms with van der Waals surface area (Å²) in [5.74, 6) is 0. The summed E-state index contributed by atoms with van der Waals surface area (Å²) in [6.07, 6.45) is 0. The second-order valence-corrected chi connectivity index (χ2v) is 1.36. The molecule has 1 aromatic heterocycles. The Morgan fingerprint density at radius 1 is 0.583 bits per heavy atom. The minimum Gasteiger partial charge on any atom is -0.259 e. The van der Waals surface area contributed by atoms with Crippen molar-refractivity contribution in [2.45, 2.75) is 0 Å². The SMILES string of the molecule is O=c1[nH]c(=O)[nH]c(=O)[nH]1.[Na].[Na].[Na]. The summed E-state index contributed by atoms with van der Waals surface area (Å²) in [6.45, 7) is 0. The van der Waals surface area contributed by atoms with E-state index < -0.39 is 17.1 Å². The zero-order chi connectivity index (χ0) is 6.85. The van der Waals surface area contributed by atoms with Gasteiger partial charge in [0.1, 0.15) is 0 Å². The van der Waals surface area contributed by atoms with Crippen molar-refractivity contribution in [3.63, 3.8) is 0 Å². The zero-order valence-electron chi connectivity index (χ0n) is 7.22. The topological polar surface area (TPSA) is 98.6 Å². The fourth-order valence-electron chi connectivity index (χ4n) is 0.403. The Balaban J connectivity index is -0.000000270. The Hall–Kier alpha value is 1.41. The molecule has 0 saturated heterocycles. The number of aromatic amines is 3. The Bertz CT molecular complexity index is 287. The molecule has 9 heteroatoms. The molecule has 0 amide bonds. The van der Waals surface area contributed by atoms with Crippen LogP contribution in [0.3, 0.4) is 0 Å². The average molecular weight is 198 g/mol. The van der Waals surface area contributed by atoms with Crippen molar-refractivity contribution in [3.05, 3.63) is 31.5 Å². The fourth-order valence-corrected chi connectivity index (χ4v) is 0.403. The molecule has 0 fully saturated rings. The second kappa shape index (κ2) is 8.98. The van der Waals surface area contributed by atoms with E-state index in [1.54, 1.807) is 15.0 Å². The van der Waals surface area contributed by atoms with E-state index >= 15 is 0 Å². The number of H-pyrrole nitrogens is 3. The number of hydrogen-bond acceptors (Lipinski definition) is 3. The largest absolute Gasteiger partial charge is 0.330 e. The third kappa shape index (κ3) is 6.88. The van der Waals surface area contributed by atoms with Gasteiger partial charge in [-0.25, -0.2) is 14.4 Å². The van der Waals surface area contributed by atoms with Crippen molar-refractivity contribution in [3.8, 4) is 0 Å². The van der Waals surface area contributed by atoms with E-state index in [1.807, 2.05) is 0 Å². The maximum Gasteiger partial charge on any atom is 0.330 e. The molecule has 51 valence electrons. The molecule has 0 bridgehead atoms. The molecule has 6 nitrogen and oxygen atoms in total. The predicted octanol–water partition coefficient (Wildman–Crippen LogP) is -3.39. The van der Waals surface area contributed by atoms with Gasteiger partial charge in [-0.05, 0) is 0 Å². The van der Waals surface area contributed by atoms with E-state index in [0.29, 0.717) is 0 Å². The fraction of sp³-hybridized carbons (Fsp3) is 0. The molecule has 1 rings (SSSR count). The Labute approximate surface area is 133 Å². The molecule has 3 N–H and O–H groups in total. The van der Waals surface area contributed by atoms with E-state index in [2.05, 4.69) is 0 Å². The first-order chi connectivity index (χ1) is 4.18.